The van der Waals surface area contributed by atoms with Gasteiger partial charge in [-0.05, 0) is 19.1 Å². The molecule has 7 nitrogen and oxygen atoms in total. The SMILES string of the molecule is COC(C)CN=C1SCC(O)(c2ccc(Cl)c(S(N)(=O)=O)c2)N1C. The molecule has 0 amide bonds. The summed E-state index contributed by atoms with van der Waals surface area (Å²) in [4.78, 5) is 5.83. The number of hydrogen-bond acceptors (Lipinski definition) is 6. The minimum atomic E-state index is -3.98. The summed E-state index contributed by atoms with van der Waals surface area (Å²) >= 11 is 7.28. The van der Waals surface area contributed by atoms with Crippen LogP contribution in [0.25, 0.3) is 0 Å². The van der Waals surface area contributed by atoms with Gasteiger partial charge in [0.15, 0.2) is 10.9 Å². The van der Waals surface area contributed by atoms with Crippen LogP contribution in [0.2, 0.25) is 5.02 Å². The minimum Gasteiger partial charge on any atom is -0.380 e. The van der Waals surface area contributed by atoms with Crippen LogP contribution < -0.4 is 5.14 Å². The van der Waals surface area contributed by atoms with E-state index in [1.165, 1.54) is 23.9 Å². The maximum atomic E-state index is 11.6. The van der Waals surface area contributed by atoms with Crippen LogP contribution in [-0.2, 0) is 20.5 Å². The van der Waals surface area contributed by atoms with Crippen molar-refractivity contribution >= 4 is 38.6 Å². The summed E-state index contributed by atoms with van der Waals surface area (Å²) in [6.45, 7) is 2.36. The smallest absolute Gasteiger partial charge is 0.239 e. The molecule has 134 valence electrons. The van der Waals surface area contributed by atoms with E-state index in [0.29, 0.717) is 23.0 Å². The van der Waals surface area contributed by atoms with Gasteiger partial charge in [-0.25, -0.2) is 13.6 Å². The van der Waals surface area contributed by atoms with Crippen molar-refractivity contribution in [2.24, 2.45) is 10.1 Å². The highest BCUT2D eigenvalue weighted by molar-refractivity contribution is 8.14. The van der Waals surface area contributed by atoms with E-state index >= 15 is 0 Å². The van der Waals surface area contributed by atoms with Gasteiger partial charge in [-0.3, -0.25) is 4.99 Å². The summed E-state index contributed by atoms with van der Waals surface area (Å²) in [7, 11) is -0.681. The fourth-order valence-corrected chi connectivity index (χ4v) is 4.47. The number of aliphatic imine (C=N–C) groups is 1. The Hall–Kier alpha value is -0.840. The van der Waals surface area contributed by atoms with E-state index in [1.54, 1.807) is 25.1 Å². The van der Waals surface area contributed by atoms with Crippen molar-refractivity contribution in [3.05, 3.63) is 28.8 Å². The molecule has 2 unspecified atom stereocenters. The van der Waals surface area contributed by atoms with Gasteiger partial charge in [-0.15, -0.1) is 0 Å². The Bertz CT molecular complexity index is 756. The first-order valence-electron chi connectivity index (χ1n) is 7.08. The molecule has 0 radical (unpaired) electrons. The summed E-state index contributed by atoms with van der Waals surface area (Å²) in [5, 5.41) is 16.9. The number of nitrogens with two attached hydrogens (primary N) is 1. The Morgan fingerprint density at radius 2 is 2.25 bits per heavy atom. The van der Waals surface area contributed by atoms with Gasteiger partial charge in [-0.1, -0.05) is 29.4 Å². The van der Waals surface area contributed by atoms with Gasteiger partial charge in [0.1, 0.15) is 4.90 Å². The standard InChI is InChI=1S/C14H20ClN3O4S2/c1-9(22-3)7-17-13-18(2)14(19,8-23-13)10-4-5-11(15)12(6-10)24(16,20)21/h4-6,9,19H,7-8H2,1-3H3,(H2,16,20,21). The molecular formula is C14H20ClN3O4S2. The maximum Gasteiger partial charge on any atom is 0.239 e. The number of halogens is 1. The number of primary sulfonamides is 1. The first kappa shape index (κ1) is 19.5. The van der Waals surface area contributed by atoms with Crippen molar-refractivity contribution in [3.63, 3.8) is 0 Å². The van der Waals surface area contributed by atoms with Crippen LogP contribution in [0.1, 0.15) is 12.5 Å². The molecule has 0 saturated carbocycles. The van der Waals surface area contributed by atoms with Crippen molar-refractivity contribution < 1.29 is 18.3 Å². The topological polar surface area (TPSA) is 105 Å². The average Bonchev–Trinajstić information content (AvgIpc) is 2.80. The predicted molar refractivity (Wildman–Crippen MR) is 95.7 cm³/mol. The monoisotopic (exact) mass is 393 g/mol. The molecule has 0 aliphatic carbocycles. The average molecular weight is 394 g/mol. The molecule has 1 aromatic rings. The molecule has 1 fully saturated rings. The van der Waals surface area contributed by atoms with Gasteiger partial charge >= 0.3 is 0 Å². The molecule has 1 aromatic carbocycles. The lowest BCUT2D eigenvalue weighted by atomic mass is 10.0. The molecule has 0 spiro atoms. The quantitative estimate of drug-likeness (QED) is 0.778. The van der Waals surface area contributed by atoms with E-state index in [2.05, 4.69) is 4.99 Å². The van der Waals surface area contributed by atoms with E-state index in [4.69, 9.17) is 21.5 Å². The molecule has 0 bridgehead atoms. The molecular weight excluding hydrogens is 374 g/mol. The van der Waals surface area contributed by atoms with Crippen LogP contribution in [0.4, 0.5) is 0 Å². The second-order valence-electron chi connectivity index (χ2n) is 5.52. The number of nitrogens with zero attached hydrogens (tertiary/aromatic N) is 2. The van der Waals surface area contributed by atoms with E-state index in [0.717, 1.165) is 0 Å². The normalized spacial score (nSPS) is 24.6. The van der Waals surface area contributed by atoms with Crippen LogP contribution in [-0.4, -0.2) is 56.2 Å². The molecule has 2 rings (SSSR count). The molecule has 1 heterocycles. The number of amidine groups is 1. The Kier molecular flexibility index (Phi) is 5.83. The highest BCUT2D eigenvalue weighted by Gasteiger charge is 2.43. The second kappa shape index (κ2) is 7.19. The van der Waals surface area contributed by atoms with E-state index in [1.807, 2.05) is 6.92 Å². The number of hydrogen-bond donors (Lipinski definition) is 2. The molecule has 0 aromatic heterocycles. The van der Waals surface area contributed by atoms with Gasteiger partial charge in [0.25, 0.3) is 0 Å². The van der Waals surface area contributed by atoms with Gasteiger partial charge in [0, 0.05) is 19.7 Å². The highest BCUT2D eigenvalue weighted by Crippen LogP contribution is 2.39. The van der Waals surface area contributed by atoms with Crippen molar-refractivity contribution in [3.8, 4) is 0 Å². The number of thioether (sulfide) groups is 1. The molecule has 1 saturated heterocycles. The van der Waals surface area contributed by atoms with Crippen molar-refractivity contribution in [2.45, 2.75) is 23.6 Å². The summed E-state index contributed by atoms with van der Waals surface area (Å²) in [6, 6.07) is 4.29. The number of ether oxygens (including phenoxy) is 1. The first-order valence-corrected chi connectivity index (χ1v) is 9.99. The second-order valence-corrected chi connectivity index (χ2v) is 8.40. The summed E-state index contributed by atoms with van der Waals surface area (Å²) in [6.07, 6.45) is -0.0373. The zero-order valence-electron chi connectivity index (χ0n) is 13.6. The Morgan fingerprint density at radius 3 is 2.83 bits per heavy atom. The van der Waals surface area contributed by atoms with E-state index < -0.39 is 15.7 Å². The zero-order chi connectivity index (χ0) is 18.1. The third-order valence-electron chi connectivity index (χ3n) is 3.83. The Labute approximate surface area is 150 Å². The number of methoxy groups -OCH3 is 1. The van der Waals surface area contributed by atoms with Crippen LogP contribution >= 0.6 is 23.4 Å². The molecule has 24 heavy (non-hydrogen) atoms. The van der Waals surface area contributed by atoms with E-state index in [-0.39, 0.29) is 16.0 Å². The number of rotatable bonds is 5. The lowest BCUT2D eigenvalue weighted by molar-refractivity contribution is -0.0351. The van der Waals surface area contributed by atoms with Gasteiger partial charge < -0.3 is 14.7 Å². The third kappa shape index (κ3) is 3.87. The van der Waals surface area contributed by atoms with Crippen molar-refractivity contribution in [2.75, 3.05) is 26.5 Å². The Balaban J connectivity index is 2.35. The molecule has 2 atom stereocenters. The van der Waals surface area contributed by atoms with Gasteiger partial charge in [0.2, 0.25) is 10.0 Å². The lowest BCUT2D eigenvalue weighted by Gasteiger charge is -2.31. The summed E-state index contributed by atoms with van der Waals surface area (Å²) in [5.41, 5.74) is -1.01. The zero-order valence-corrected chi connectivity index (χ0v) is 16.0. The predicted octanol–water partition coefficient (Wildman–Crippen LogP) is 1.20. The van der Waals surface area contributed by atoms with Gasteiger partial charge in [0.05, 0.1) is 23.4 Å². The number of sulfonamides is 1. The summed E-state index contributed by atoms with van der Waals surface area (Å²) < 4.78 is 28.4. The maximum absolute atomic E-state index is 11.6. The van der Waals surface area contributed by atoms with Crippen molar-refractivity contribution in [1.82, 2.24) is 4.90 Å². The Morgan fingerprint density at radius 1 is 1.58 bits per heavy atom. The molecule has 1 aliphatic heterocycles. The third-order valence-corrected chi connectivity index (χ3v) is 6.43. The molecule has 10 heteroatoms. The van der Waals surface area contributed by atoms with Gasteiger partial charge in [-0.2, -0.15) is 0 Å². The van der Waals surface area contributed by atoms with Crippen LogP contribution in [0.3, 0.4) is 0 Å². The van der Waals surface area contributed by atoms with Crippen LogP contribution in [0.15, 0.2) is 28.1 Å². The van der Waals surface area contributed by atoms with Crippen molar-refractivity contribution in [1.29, 1.82) is 0 Å². The molecule has 3 N–H and O–H groups in total. The fourth-order valence-electron chi connectivity index (χ4n) is 2.20. The van der Waals surface area contributed by atoms with Crippen LogP contribution in [0, 0.1) is 0 Å². The lowest BCUT2D eigenvalue weighted by Crippen LogP contribution is -2.42. The number of benzene rings is 1. The minimum absolute atomic E-state index is 0.0148. The largest absolute Gasteiger partial charge is 0.380 e. The summed E-state index contributed by atoms with van der Waals surface area (Å²) in [5.74, 6) is 0.301. The number of aliphatic hydroxyl groups is 1. The molecule has 1 aliphatic rings. The highest BCUT2D eigenvalue weighted by atomic mass is 35.5. The fraction of sp³-hybridized carbons (Fsp3) is 0.500. The van der Waals surface area contributed by atoms with E-state index in [9.17, 15) is 13.5 Å². The van der Waals surface area contributed by atoms with Crippen LogP contribution in [0.5, 0.6) is 0 Å². The first-order chi connectivity index (χ1) is 11.1.